The summed E-state index contributed by atoms with van der Waals surface area (Å²) >= 11 is 0. The number of likely N-dealkylation sites (tertiary alicyclic amines) is 1. The molecule has 2 aliphatic rings. The van der Waals surface area contributed by atoms with Crippen LogP contribution in [0.2, 0.25) is 0 Å². The summed E-state index contributed by atoms with van der Waals surface area (Å²) in [6.45, 7) is 9.41. The van der Waals surface area contributed by atoms with Gasteiger partial charge < -0.3 is 14.7 Å². The van der Waals surface area contributed by atoms with Gasteiger partial charge in [0.2, 0.25) is 0 Å². The van der Waals surface area contributed by atoms with E-state index in [0.717, 1.165) is 65.2 Å². The molecule has 4 nitrogen and oxygen atoms in total. The Morgan fingerprint density at radius 1 is 1.04 bits per heavy atom. The number of piperidine rings is 1. The summed E-state index contributed by atoms with van der Waals surface area (Å²) in [7, 11) is 0. The van der Waals surface area contributed by atoms with Crippen LogP contribution in [0.5, 0.6) is 0 Å². The van der Waals surface area contributed by atoms with Crippen LogP contribution in [0.25, 0.3) is 0 Å². The lowest BCUT2D eigenvalue weighted by molar-refractivity contribution is 0.0382. The van der Waals surface area contributed by atoms with Gasteiger partial charge in [0, 0.05) is 31.9 Å². The summed E-state index contributed by atoms with van der Waals surface area (Å²) in [5.74, 6) is 0. The summed E-state index contributed by atoms with van der Waals surface area (Å²) < 4.78 is 5.41. The number of anilines is 1. The van der Waals surface area contributed by atoms with Crippen molar-refractivity contribution in [3.8, 4) is 0 Å². The van der Waals surface area contributed by atoms with Crippen LogP contribution in [-0.2, 0) is 11.3 Å². The number of rotatable bonds is 5. The van der Waals surface area contributed by atoms with E-state index in [-0.39, 0.29) is 5.41 Å². The number of aliphatic hydroxyl groups excluding tert-OH is 1. The molecule has 0 amide bonds. The van der Waals surface area contributed by atoms with Gasteiger partial charge in [0.05, 0.1) is 13.2 Å². The molecule has 1 aromatic carbocycles. The van der Waals surface area contributed by atoms with Gasteiger partial charge >= 0.3 is 0 Å². The molecule has 0 aliphatic carbocycles. The number of ether oxygens (including phenoxy) is 1. The molecule has 23 heavy (non-hydrogen) atoms. The van der Waals surface area contributed by atoms with Gasteiger partial charge in [-0.25, -0.2) is 0 Å². The molecule has 0 aromatic heterocycles. The Bertz CT molecular complexity index is 469. The van der Waals surface area contributed by atoms with Crippen molar-refractivity contribution in [3.05, 3.63) is 29.8 Å². The molecule has 4 heteroatoms. The van der Waals surface area contributed by atoms with Gasteiger partial charge in [0.25, 0.3) is 0 Å². The highest BCUT2D eigenvalue weighted by molar-refractivity contribution is 5.47. The van der Waals surface area contributed by atoms with E-state index < -0.39 is 0 Å². The predicted octanol–water partition coefficient (Wildman–Crippen LogP) is 2.51. The van der Waals surface area contributed by atoms with Crippen molar-refractivity contribution < 1.29 is 9.84 Å². The molecule has 0 unspecified atom stereocenters. The smallest absolute Gasteiger partial charge is 0.0642 e. The van der Waals surface area contributed by atoms with E-state index in [1.165, 1.54) is 11.3 Å². The third-order valence-corrected chi connectivity index (χ3v) is 5.72. The second kappa shape index (κ2) is 7.65. The molecular formula is C19H30N2O2. The normalized spacial score (nSPS) is 22.3. The highest BCUT2D eigenvalue weighted by Gasteiger charge is 2.32. The molecule has 2 aliphatic heterocycles. The van der Waals surface area contributed by atoms with Crippen molar-refractivity contribution in [1.82, 2.24) is 4.90 Å². The van der Waals surface area contributed by atoms with Gasteiger partial charge in [0.15, 0.2) is 0 Å². The van der Waals surface area contributed by atoms with Gasteiger partial charge in [-0.2, -0.15) is 0 Å². The van der Waals surface area contributed by atoms with Gasteiger partial charge in [-0.3, -0.25) is 4.90 Å². The lowest BCUT2D eigenvalue weighted by Gasteiger charge is -2.40. The maximum Gasteiger partial charge on any atom is 0.0642 e. The van der Waals surface area contributed by atoms with Crippen molar-refractivity contribution in [2.75, 3.05) is 50.9 Å². The van der Waals surface area contributed by atoms with Gasteiger partial charge in [-0.05, 0) is 55.5 Å². The number of nitrogens with zero attached hydrogens (tertiary/aromatic N) is 2. The molecule has 1 N–H and O–H groups in total. The second-order valence-corrected chi connectivity index (χ2v) is 7.05. The largest absolute Gasteiger partial charge is 0.396 e. The first-order valence-corrected chi connectivity index (χ1v) is 8.99. The Kier molecular flexibility index (Phi) is 5.57. The molecule has 0 bridgehead atoms. The minimum absolute atomic E-state index is 0.177. The fraction of sp³-hybridized carbons (Fsp3) is 0.684. The van der Waals surface area contributed by atoms with E-state index >= 15 is 0 Å². The second-order valence-electron chi connectivity index (χ2n) is 7.05. The average molecular weight is 318 g/mol. The molecule has 0 atom stereocenters. The van der Waals surface area contributed by atoms with E-state index in [0.29, 0.717) is 6.61 Å². The van der Waals surface area contributed by atoms with E-state index in [1.807, 2.05) is 0 Å². The zero-order valence-corrected chi connectivity index (χ0v) is 14.3. The fourth-order valence-corrected chi connectivity index (χ4v) is 3.70. The molecule has 2 fully saturated rings. The zero-order chi connectivity index (χ0) is 16.1. The minimum Gasteiger partial charge on any atom is -0.396 e. The van der Waals surface area contributed by atoms with E-state index in [1.54, 1.807) is 0 Å². The van der Waals surface area contributed by atoms with Crippen molar-refractivity contribution in [1.29, 1.82) is 0 Å². The van der Waals surface area contributed by atoms with E-state index in [9.17, 15) is 5.11 Å². The zero-order valence-electron chi connectivity index (χ0n) is 14.3. The number of aliphatic hydroxyl groups is 1. The summed E-state index contributed by atoms with van der Waals surface area (Å²) in [5.41, 5.74) is 2.87. The van der Waals surface area contributed by atoms with Gasteiger partial charge in [-0.15, -0.1) is 0 Å². The molecule has 0 spiro atoms. The molecule has 128 valence electrons. The first-order valence-electron chi connectivity index (χ1n) is 8.99. The van der Waals surface area contributed by atoms with Crippen molar-refractivity contribution in [3.63, 3.8) is 0 Å². The first kappa shape index (κ1) is 16.7. The van der Waals surface area contributed by atoms with Crippen molar-refractivity contribution >= 4 is 5.69 Å². The predicted molar refractivity (Wildman–Crippen MR) is 93.8 cm³/mol. The molecular weight excluding hydrogens is 288 g/mol. The quantitative estimate of drug-likeness (QED) is 0.905. The maximum atomic E-state index is 9.64. The van der Waals surface area contributed by atoms with Crippen LogP contribution in [0.15, 0.2) is 24.3 Å². The van der Waals surface area contributed by atoms with Crippen LogP contribution in [0.1, 0.15) is 31.7 Å². The highest BCUT2D eigenvalue weighted by atomic mass is 16.5. The summed E-state index contributed by atoms with van der Waals surface area (Å²) in [6.07, 6.45) is 3.32. The summed E-state index contributed by atoms with van der Waals surface area (Å²) in [5, 5.41) is 9.64. The highest BCUT2D eigenvalue weighted by Crippen LogP contribution is 2.34. The molecule has 0 radical (unpaired) electrons. The molecule has 3 rings (SSSR count). The van der Waals surface area contributed by atoms with Crippen molar-refractivity contribution in [2.45, 2.75) is 32.7 Å². The standard InChI is InChI=1S/C19H30N2O2/c1-2-19(16-22)7-9-20(10-8-19)15-17-3-5-18(6-4-17)21-11-13-23-14-12-21/h3-6,22H,2,7-16H2,1H3. The van der Waals surface area contributed by atoms with Crippen molar-refractivity contribution in [2.24, 2.45) is 5.41 Å². The Labute approximate surface area is 140 Å². The lowest BCUT2D eigenvalue weighted by atomic mass is 9.77. The van der Waals surface area contributed by atoms with Crippen LogP contribution in [0, 0.1) is 5.41 Å². The Hall–Kier alpha value is -1.10. The third kappa shape index (κ3) is 4.06. The lowest BCUT2D eigenvalue weighted by Crippen LogP contribution is -2.41. The molecule has 0 saturated carbocycles. The van der Waals surface area contributed by atoms with Gasteiger partial charge in [0.1, 0.15) is 0 Å². The van der Waals surface area contributed by atoms with Crippen LogP contribution >= 0.6 is 0 Å². The first-order chi connectivity index (χ1) is 11.2. The third-order valence-electron chi connectivity index (χ3n) is 5.72. The Morgan fingerprint density at radius 2 is 1.70 bits per heavy atom. The topological polar surface area (TPSA) is 35.9 Å². The average Bonchev–Trinajstić information content (AvgIpc) is 2.64. The summed E-state index contributed by atoms with van der Waals surface area (Å²) in [6, 6.07) is 9.01. The Balaban J connectivity index is 1.53. The van der Waals surface area contributed by atoms with Crippen LogP contribution in [0.3, 0.4) is 0 Å². The fourth-order valence-electron chi connectivity index (χ4n) is 3.70. The van der Waals surface area contributed by atoms with Crippen LogP contribution in [0.4, 0.5) is 5.69 Å². The molecule has 2 heterocycles. The summed E-state index contributed by atoms with van der Waals surface area (Å²) in [4.78, 5) is 4.92. The number of morpholine rings is 1. The maximum absolute atomic E-state index is 9.64. The SMILES string of the molecule is CCC1(CO)CCN(Cc2ccc(N3CCOCC3)cc2)CC1. The van der Waals surface area contributed by atoms with E-state index in [2.05, 4.69) is 41.0 Å². The van der Waals surface area contributed by atoms with E-state index in [4.69, 9.17) is 4.74 Å². The number of hydrogen-bond donors (Lipinski definition) is 1. The monoisotopic (exact) mass is 318 g/mol. The minimum atomic E-state index is 0.177. The molecule has 2 saturated heterocycles. The van der Waals surface area contributed by atoms with Crippen LogP contribution in [-0.4, -0.2) is 56.0 Å². The number of benzene rings is 1. The Morgan fingerprint density at radius 3 is 2.26 bits per heavy atom. The van der Waals surface area contributed by atoms with Crippen LogP contribution < -0.4 is 4.90 Å². The number of hydrogen-bond acceptors (Lipinski definition) is 4. The van der Waals surface area contributed by atoms with Gasteiger partial charge in [-0.1, -0.05) is 19.1 Å². The molecule has 1 aromatic rings.